The number of hydrogen-bond acceptors (Lipinski definition) is 10. The number of alkyl halides is 3. The fourth-order valence-electron chi connectivity index (χ4n) is 5.11. The van der Waals surface area contributed by atoms with Crippen molar-refractivity contribution >= 4 is 28.5 Å². The second-order valence-corrected chi connectivity index (χ2v) is 9.76. The number of carboxylic acid groups (broad SMARTS) is 1. The third-order valence-electron chi connectivity index (χ3n) is 7.19. The molecule has 0 bridgehead atoms. The van der Waals surface area contributed by atoms with Gasteiger partial charge in [0.1, 0.15) is 30.0 Å². The number of ether oxygens (including phenoxy) is 2. The second kappa shape index (κ2) is 10.1. The number of cyclic esters (lactones) is 1. The van der Waals surface area contributed by atoms with Crippen LogP contribution in [0, 0.1) is 0 Å². The van der Waals surface area contributed by atoms with Crippen LogP contribution in [0.15, 0.2) is 53.3 Å². The highest BCUT2D eigenvalue weighted by molar-refractivity contribution is 5.95. The molecule has 0 aliphatic carbocycles. The highest BCUT2D eigenvalue weighted by Crippen LogP contribution is 2.38. The maximum absolute atomic E-state index is 13.5. The van der Waals surface area contributed by atoms with E-state index in [4.69, 9.17) is 9.47 Å². The molecular weight excluding hydrogens is 557 g/mol. The largest absolute Gasteiger partial charge is 0.547 e. The lowest BCUT2D eigenvalue weighted by atomic mass is 9.82. The minimum atomic E-state index is -4.66. The van der Waals surface area contributed by atoms with E-state index in [-0.39, 0.29) is 34.3 Å². The van der Waals surface area contributed by atoms with Gasteiger partial charge in [-0.3, -0.25) is 9.69 Å². The van der Waals surface area contributed by atoms with Crippen LogP contribution in [0.25, 0.3) is 22.0 Å². The molecule has 15 heteroatoms. The molecule has 6 atom stereocenters. The van der Waals surface area contributed by atoms with Gasteiger partial charge >= 0.3 is 12.3 Å². The number of carboxylic acids is 1. The topological polar surface area (TPSA) is 193 Å². The van der Waals surface area contributed by atoms with Crippen molar-refractivity contribution < 1.29 is 57.8 Å². The third-order valence-corrected chi connectivity index (χ3v) is 7.19. The maximum atomic E-state index is 13.5. The minimum absolute atomic E-state index is 0.0319. The molecule has 1 amide bonds. The number of aliphatic hydroxyl groups excluding tert-OH is 4. The first-order valence-corrected chi connectivity index (χ1v) is 12.2. The Morgan fingerprint density at radius 3 is 2.46 bits per heavy atom. The zero-order chi connectivity index (χ0) is 29.9. The number of carbonyl (C=O) groups is 2. The number of anilines is 1. The van der Waals surface area contributed by atoms with Crippen molar-refractivity contribution in [1.29, 1.82) is 0 Å². The van der Waals surface area contributed by atoms with Crippen molar-refractivity contribution in [2.24, 2.45) is 0 Å². The van der Waals surface area contributed by atoms with E-state index in [2.05, 4.69) is 4.98 Å². The van der Waals surface area contributed by atoms with Gasteiger partial charge in [0.15, 0.2) is 6.29 Å². The Bertz CT molecular complexity index is 1580. The van der Waals surface area contributed by atoms with E-state index in [9.17, 15) is 53.1 Å². The Balaban J connectivity index is 1.43. The average Bonchev–Trinajstić information content (AvgIpc) is 3.29. The molecule has 5 N–H and O–H groups in total. The molecule has 5 rings (SSSR count). The van der Waals surface area contributed by atoms with Crippen LogP contribution in [-0.4, -0.2) is 80.3 Å². The average molecular weight is 579 g/mol. The molecule has 2 aliphatic rings. The number of aliphatic carboxylic acids is 1. The van der Waals surface area contributed by atoms with Gasteiger partial charge in [-0.05, 0) is 29.7 Å². The molecule has 218 valence electrons. The molecule has 2 saturated heterocycles. The van der Waals surface area contributed by atoms with Crippen LogP contribution in [0.2, 0.25) is 0 Å². The summed E-state index contributed by atoms with van der Waals surface area (Å²) in [6.45, 7) is -0.320. The normalized spacial score (nSPS) is 28.6. The number of benzene rings is 2. The molecule has 3 heterocycles. The Morgan fingerprint density at radius 1 is 1.07 bits per heavy atom. The van der Waals surface area contributed by atoms with E-state index in [0.717, 1.165) is 11.0 Å². The van der Waals surface area contributed by atoms with Gasteiger partial charge in [-0.25, -0.2) is 4.79 Å². The van der Waals surface area contributed by atoms with Gasteiger partial charge in [0.2, 0.25) is 0 Å². The number of aliphatic hydroxyl groups is 4. The summed E-state index contributed by atoms with van der Waals surface area (Å²) < 4.78 is 50.6. The maximum Gasteiger partial charge on any atom is 0.417 e. The first-order valence-electron chi connectivity index (χ1n) is 12.2. The van der Waals surface area contributed by atoms with Gasteiger partial charge < -0.3 is 44.8 Å². The zero-order valence-corrected chi connectivity index (χ0v) is 20.7. The predicted octanol–water partition coefficient (Wildman–Crippen LogP) is -0.151. The number of aromatic nitrogens is 1. The molecular formula is C26H22F3N2O10-. The number of fused-ring (bicyclic) bond motifs is 1. The van der Waals surface area contributed by atoms with Crippen molar-refractivity contribution in [3.63, 3.8) is 0 Å². The minimum Gasteiger partial charge on any atom is -0.547 e. The van der Waals surface area contributed by atoms with E-state index in [1.807, 2.05) is 0 Å². The molecule has 12 nitrogen and oxygen atoms in total. The van der Waals surface area contributed by atoms with E-state index in [1.165, 1.54) is 42.5 Å². The predicted molar refractivity (Wildman–Crippen MR) is 130 cm³/mol. The van der Waals surface area contributed by atoms with Gasteiger partial charge in [0, 0.05) is 28.8 Å². The van der Waals surface area contributed by atoms with E-state index in [1.54, 1.807) is 0 Å². The fraction of sp³-hybridized carbons (Fsp3) is 0.346. The van der Waals surface area contributed by atoms with Gasteiger partial charge in [-0.15, -0.1) is 0 Å². The van der Waals surface area contributed by atoms with Crippen LogP contribution in [-0.2, 0) is 20.4 Å². The Morgan fingerprint density at radius 2 is 1.78 bits per heavy atom. The molecule has 0 radical (unpaired) electrons. The highest BCUT2D eigenvalue weighted by Gasteiger charge is 2.56. The number of carbonyl (C=O) groups excluding carboxylic acids is 2. The van der Waals surface area contributed by atoms with Crippen LogP contribution in [0.4, 0.5) is 23.7 Å². The number of aromatic amines is 1. The van der Waals surface area contributed by atoms with Crippen molar-refractivity contribution in [2.75, 3.05) is 11.4 Å². The number of hydrogen-bond donors (Lipinski definition) is 5. The first kappa shape index (κ1) is 28.5. The molecule has 2 fully saturated rings. The Labute approximate surface area is 227 Å². The number of pyridine rings is 1. The van der Waals surface area contributed by atoms with Crippen molar-refractivity contribution in [1.82, 2.24) is 4.98 Å². The first-order chi connectivity index (χ1) is 19.2. The molecule has 2 aliphatic heterocycles. The number of nitrogens with zero attached hydrogens (tertiary/aromatic N) is 1. The molecule has 3 aromatic rings. The lowest BCUT2D eigenvalue weighted by molar-refractivity contribution is -0.372. The Hall–Kier alpha value is -4.02. The van der Waals surface area contributed by atoms with E-state index < -0.39 is 72.1 Å². The number of nitrogens with one attached hydrogen (secondary N) is 1. The summed E-state index contributed by atoms with van der Waals surface area (Å²) in [6.07, 6.45) is -16.3. The summed E-state index contributed by atoms with van der Waals surface area (Å²) >= 11 is 0. The number of H-pyrrole nitrogens is 1. The molecule has 41 heavy (non-hydrogen) atoms. The van der Waals surface area contributed by atoms with Gasteiger partial charge in [0.25, 0.3) is 5.56 Å². The van der Waals surface area contributed by atoms with Gasteiger partial charge in [-0.1, -0.05) is 24.3 Å². The summed E-state index contributed by atoms with van der Waals surface area (Å²) in [4.78, 5) is 41.0. The smallest absolute Gasteiger partial charge is 0.417 e. The quantitative estimate of drug-likeness (QED) is 0.272. The van der Waals surface area contributed by atoms with Gasteiger partial charge in [0.05, 0.1) is 18.1 Å². The summed E-state index contributed by atoms with van der Waals surface area (Å²) in [6, 6.07) is 10.2. The molecule has 0 spiro atoms. The number of amides is 1. The molecule has 1 aromatic heterocycles. The van der Waals surface area contributed by atoms with Crippen molar-refractivity contribution in [3.8, 4) is 11.3 Å². The molecule has 1 unspecified atom stereocenters. The third kappa shape index (κ3) is 4.91. The van der Waals surface area contributed by atoms with Crippen LogP contribution in [0.5, 0.6) is 0 Å². The lowest BCUT2D eigenvalue weighted by Gasteiger charge is -2.48. The number of halogens is 3. The van der Waals surface area contributed by atoms with Crippen LogP contribution < -0.4 is 15.6 Å². The summed E-state index contributed by atoms with van der Waals surface area (Å²) in [7, 11) is 0. The summed E-state index contributed by atoms with van der Waals surface area (Å²) in [5, 5.41) is 52.1. The summed E-state index contributed by atoms with van der Waals surface area (Å²) in [5.41, 5.74) is -4.60. The van der Waals surface area contributed by atoms with Crippen LogP contribution >= 0.6 is 0 Å². The van der Waals surface area contributed by atoms with Gasteiger partial charge in [-0.2, -0.15) is 13.2 Å². The monoisotopic (exact) mass is 579 g/mol. The molecule has 0 saturated carbocycles. The SMILES string of the molecule is O=C1OC(C[C@]2(C(=O)[O-])O[C@H](O)[C@H](O)[C@@H](O)[C@H]2O)CN1c1ccc2cc(-c3ccccc3C(F)(F)F)[nH]c(=O)c2c1. The number of rotatable bonds is 5. The van der Waals surface area contributed by atoms with Crippen LogP contribution in [0.3, 0.4) is 0 Å². The van der Waals surface area contributed by atoms with Crippen molar-refractivity contribution in [3.05, 3.63) is 64.4 Å². The van der Waals surface area contributed by atoms with E-state index in [0.29, 0.717) is 0 Å². The zero-order valence-electron chi connectivity index (χ0n) is 20.7. The highest BCUT2D eigenvalue weighted by atomic mass is 19.4. The van der Waals surface area contributed by atoms with E-state index >= 15 is 0 Å². The summed E-state index contributed by atoms with van der Waals surface area (Å²) in [5.74, 6) is -2.04. The van der Waals surface area contributed by atoms with Crippen LogP contribution in [0.1, 0.15) is 12.0 Å². The van der Waals surface area contributed by atoms with Crippen molar-refractivity contribution in [2.45, 2.75) is 48.9 Å². The second-order valence-electron chi connectivity index (χ2n) is 9.76. The fourth-order valence-corrected chi connectivity index (χ4v) is 5.11. The molecule has 2 aromatic carbocycles. The standard InChI is InChI=1S/C26H23F3N2O10/c27-26(28,29)16-4-2-1-3-14(16)17-7-11-5-6-12(8-15(11)21(35)30-17)31-10-13(40-24(31)39)9-25(23(37)38)20(34)18(32)19(33)22(36)41-25/h1-8,13,18-20,22,32-34,36H,9-10H2,(H,30,35)(H,37,38)/p-1/t13?,18-,19-,20-,22+,25+/m1/s1. The lowest BCUT2D eigenvalue weighted by Crippen LogP contribution is -2.71. The Kier molecular flexibility index (Phi) is 7.03.